The van der Waals surface area contributed by atoms with E-state index in [2.05, 4.69) is 9.97 Å². The molecule has 2 rings (SSSR count). The molecule has 0 fully saturated rings. The van der Waals surface area contributed by atoms with E-state index in [9.17, 15) is 9.18 Å². The number of halogens is 1. The Hall–Kier alpha value is -1.95. The molecule has 0 saturated carbocycles. The lowest BCUT2D eigenvalue weighted by atomic mass is 10.1. The zero-order chi connectivity index (χ0) is 14.0. The van der Waals surface area contributed by atoms with E-state index < -0.39 is 11.8 Å². The summed E-state index contributed by atoms with van der Waals surface area (Å²) < 4.78 is 13.6. The van der Waals surface area contributed by atoms with E-state index in [-0.39, 0.29) is 11.3 Å². The van der Waals surface area contributed by atoms with Crippen LogP contribution in [0.25, 0.3) is 11.3 Å². The third-order valence-corrected chi connectivity index (χ3v) is 3.19. The van der Waals surface area contributed by atoms with Crippen LogP contribution in [0.2, 0.25) is 0 Å². The summed E-state index contributed by atoms with van der Waals surface area (Å²) in [5.74, 6) is -1.53. The molecule has 1 N–H and O–H groups in total. The fourth-order valence-electron chi connectivity index (χ4n) is 1.58. The Bertz CT molecular complexity index is 647. The quantitative estimate of drug-likeness (QED) is 0.690. The lowest BCUT2D eigenvalue weighted by Gasteiger charge is -2.07. The highest BCUT2D eigenvalue weighted by atomic mass is 32.2. The van der Waals surface area contributed by atoms with Crippen LogP contribution in [0, 0.1) is 12.7 Å². The van der Waals surface area contributed by atoms with Crippen LogP contribution in [0.15, 0.2) is 29.6 Å². The molecule has 0 radical (unpaired) electrons. The smallest absolute Gasteiger partial charge is 0.339 e. The van der Waals surface area contributed by atoms with E-state index in [0.717, 1.165) is 0 Å². The SMILES string of the molecule is CSc1ncc(C(=O)O)c(-c2ccc(C)c(F)c2)n1. The third kappa shape index (κ3) is 2.73. The lowest BCUT2D eigenvalue weighted by molar-refractivity contribution is 0.0696. The molecule has 2 aromatic rings. The minimum Gasteiger partial charge on any atom is -0.478 e. The van der Waals surface area contributed by atoms with Gasteiger partial charge in [-0.1, -0.05) is 23.9 Å². The van der Waals surface area contributed by atoms with E-state index in [0.29, 0.717) is 16.3 Å². The van der Waals surface area contributed by atoms with Crippen molar-refractivity contribution in [2.75, 3.05) is 6.26 Å². The van der Waals surface area contributed by atoms with Gasteiger partial charge in [-0.25, -0.2) is 19.2 Å². The standard InChI is InChI=1S/C13H11FN2O2S/c1-7-3-4-8(5-10(7)14)11-9(12(17)18)6-15-13(16-11)19-2/h3-6H,1-2H3,(H,17,18). The number of aromatic carboxylic acids is 1. The molecule has 0 amide bonds. The predicted molar refractivity (Wildman–Crippen MR) is 70.9 cm³/mol. The van der Waals surface area contributed by atoms with E-state index in [1.807, 2.05) is 0 Å². The second-order valence-corrected chi connectivity index (χ2v) is 4.66. The van der Waals surface area contributed by atoms with E-state index in [1.165, 1.54) is 24.0 Å². The Balaban J connectivity index is 2.64. The van der Waals surface area contributed by atoms with Gasteiger partial charge in [-0.15, -0.1) is 0 Å². The largest absolute Gasteiger partial charge is 0.478 e. The van der Waals surface area contributed by atoms with Gasteiger partial charge < -0.3 is 5.11 Å². The maximum absolute atomic E-state index is 13.6. The topological polar surface area (TPSA) is 63.1 Å². The van der Waals surface area contributed by atoms with E-state index in [4.69, 9.17) is 5.11 Å². The minimum atomic E-state index is -1.14. The van der Waals surface area contributed by atoms with Crippen LogP contribution in [0.3, 0.4) is 0 Å². The fourth-order valence-corrected chi connectivity index (χ4v) is 1.92. The number of hydrogen-bond donors (Lipinski definition) is 1. The van der Waals surface area contributed by atoms with E-state index >= 15 is 0 Å². The predicted octanol–water partition coefficient (Wildman–Crippen LogP) is 3.01. The number of carboxylic acids is 1. The monoisotopic (exact) mass is 278 g/mol. The first kappa shape index (κ1) is 13.5. The van der Waals surface area contributed by atoms with Crippen molar-refractivity contribution >= 4 is 17.7 Å². The Kier molecular flexibility index (Phi) is 3.80. The summed E-state index contributed by atoms with van der Waals surface area (Å²) in [6.45, 7) is 1.64. The number of aromatic nitrogens is 2. The Morgan fingerprint density at radius 1 is 1.42 bits per heavy atom. The van der Waals surface area contributed by atoms with Crippen LogP contribution in [-0.4, -0.2) is 27.3 Å². The molecule has 98 valence electrons. The highest BCUT2D eigenvalue weighted by molar-refractivity contribution is 7.98. The van der Waals surface area contributed by atoms with Crippen molar-refractivity contribution < 1.29 is 14.3 Å². The number of hydrogen-bond acceptors (Lipinski definition) is 4. The molecule has 0 unspecified atom stereocenters. The number of nitrogens with zero attached hydrogens (tertiary/aromatic N) is 2. The molecule has 19 heavy (non-hydrogen) atoms. The van der Waals surface area contributed by atoms with Gasteiger partial charge >= 0.3 is 5.97 Å². The second kappa shape index (κ2) is 5.36. The normalized spacial score (nSPS) is 10.5. The molecule has 0 spiro atoms. The third-order valence-electron chi connectivity index (χ3n) is 2.62. The highest BCUT2D eigenvalue weighted by Crippen LogP contribution is 2.25. The van der Waals surface area contributed by atoms with E-state index in [1.54, 1.807) is 25.3 Å². The second-order valence-electron chi connectivity index (χ2n) is 3.89. The molecular weight excluding hydrogens is 267 g/mol. The number of carbonyl (C=O) groups is 1. The highest BCUT2D eigenvalue weighted by Gasteiger charge is 2.16. The number of carboxylic acid groups (broad SMARTS) is 1. The molecular formula is C13H11FN2O2S. The van der Waals surface area contributed by atoms with Crippen molar-refractivity contribution in [1.82, 2.24) is 9.97 Å². The molecule has 0 saturated heterocycles. The number of thioether (sulfide) groups is 1. The summed E-state index contributed by atoms with van der Waals surface area (Å²) >= 11 is 1.30. The molecule has 0 bridgehead atoms. The van der Waals surface area contributed by atoms with Crippen LogP contribution in [0.1, 0.15) is 15.9 Å². The van der Waals surface area contributed by atoms with Gasteiger partial charge in [0.05, 0.1) is 5.69 Å². The summed E-state index contributed by atoms with van der Waals surface area (Å²) in [5.41, 5.74) is 1.12. The van der Waals surface area contributed by atoms with Crippen molar-refractivity contribution in [2.45, 2.75) is 12.1 Å². The minimum absolute atomic E-state index is 0.0407. The summed E-state index contributed by atoms with van der Waals surface area (Å²) in [5, 5.41) is 9.58. The van der Waals surface area contributed by atoms with Crippen LogP contribution < -0.4 is 0 Å². The molecule has 1 heterocycles. The lowest BCUT2D eigenvalue weighted by Crippen LogP contribution is -2.04. The fraction of sp³-hybridized carbons (Fsp3) is 0.154. The molecule has 0 aliphatic rings. The molecule has 0 aliphatic carbocycles. The molecule has 1 aromatic heterocycles. The van der Waals surface area contributed by atoms with Gasteiger partial charge in [-0.3, -0.25) is 0 Å². The van der Waals surface area contributed by atoms with Gasteiger partial charge in [0.25, 0.3) is 0 Å². The summed E-state index contributed by atoms with van der Waals surface area (Å²) in [7, 11) is 0. The number of benzene rings is 1. The maximum atomic E-state index is 13.6. The average molecular weight is 278 g/mol. The van der Waals surface area contributed by atoms with Gasteiger partial charge in [-0.2, -0.15) is 0 Å². The first-order valence-corrected chi connectivity index (χ1v) is 6.66. The summed E-state index contributed by atoms with van der Waals surface area (Å²) in [6, 6.07) is 4.53. The van der Waals surface area contributed by atoms with Crippen LogP contribution in [-0.2, 0) is 0 Å². The molecule has 0 atom stereocenters. The molecule has 4 nitrogen and oxygen atoms in total. The zero-order valence-corrected chi connectivity index (χ0v) is 11.2. The number of aryl methyl sites for hydroxylation is 1. The summed E-state index contributed by atoms with van der Waals surface area (Å²) in [6.07, 6.45) is 3.03. The first-order valence-electron chi connectivity index (χ1n) is 5.43. The van der Waals surface area contributed by atoms with Gasteiger partial charge in [0.1, 0.15) is 11.4 Å². The van der Waals surface area contributed by atoms with Crippen molar-refractivity contribution in [3.05, 3.63) is 41.3 Å². The molecule has 0 aliphatic heterocycles. The Labute approximate surface area is 113 Å². The van der Waals surface area contributed by atoms with Gasteiger partial charge in [0.15, 0.2) is 5.16 Å². The van der Waals surface area contributed by atoms with Gasteiger partial charge in [0.2, 0.25) is 0 Å². The van der Waals surface area contributed by atoms with Crippen LogP contribution in [0.5, 0.6) is 0 Å². The van der Waals surface area contributed by atoms with Crippen LogP contribution in [0.4, 0.5) is 4.39 Å². The Morgan fingerprint density at radius 3 is 2.74 bits per heavy atom. The summed E-state index contributed by atoms with van der Waals surface area (Å²) in [4.78, 5) is 19.2. The van der Waals surface area contributed by atoms with Crippen molar-refractivity contribution in [3.8, 4) is 11.3 Å². The van der Waals surface area contributed by atoms with Crippen molar-refractivity contribution in [2.24, 2.45) is 0 Å². The van der Waals surface area contributed by atoms with Crippen molar-refractivity contribution in [3.63, 3.8) is 0 Å². The average Bonchev–Trinajstić information content (AvgIpc) is 2.41. The van der Waals surface area contributed by atoms with Crippen molar-refractivity contribution in [1.29, 1.82) is 0 Å². The zero-order valence-electron chi connectivity index (χ0n) is 10.3. The van der Waals surface area contributed by atoms with Gasteiger partial charge in [-0.05, 0) is 24.8 Å². The molecule has 1 aromatic carbocycles. The first-order chi connectivity index (χ1) is 9.02. The number of rotatable bonds is 3. The molecule has 6 heteroatoms. The Morgan fingerprint density at radius 2 is 2.16 bits per heavy atom. The van der Waals surface area contributed by atoms with Crippen LogP contribution >= 0.6 is 11.8 Å². The van der Waals surface area contributed by atoms with Gasteiger partial charge in [0, 0.05) is 11.8 Å². The maximum Gasteiger partial charge on any atom is 0.339 e.